The van der Waals surface area contributed by atoms with Crippen LogP contribution >= 0.6 is 0 Å². The molecule has 0 N–H and O–H groups in total. The summed E-state index contributed by atoms with van der Waals surface area (Å²) in [6.45, 7) is 7.08. The van der Waals surface area contributed by atoms with Crippen LogP contribution in [0.1, 0.15) is 27.7 Å². The molecule has 3 nitrogen and oxygen atoms in total. The molecule has 0 heterocycles. The van der Waals surface area contributed by atoms with Gasteiger partial charge in [0.2, 0.25) is 0 Å². The molecule has 0 aliphatic carbocycles. The third kappa shape index (κ3) is 4.06. The fraction of sp³-hybridized carbons (Fsp3) is 0.714. The van der Waals surface area contributed by atoms with Crippen molar-refractivity contribution >= 4 is 11.7 Å². The summed E-state index contributed by atoms with van der Waals surface area (Å²) in [5.74, 6) is -0.399. The maximum absolute atomic E-state index is 10.7. The molecule has 0 aliphatic rings. The van der Waals surface area contributed by atoms with Crippen molar-refractivity contribution < 1.29 is 9.63 Å². The lowest BCUT2D eigenvalue weighted by Crippen LogP contribution is -2.08. The van der Waals surface area contributed by atoms with E-state index in [4.69, 9.17) is 0 Å². The first-order valence-corrected chi connectivity index (χ1v) is 3.26. The number of carbonyl (C=O) groups excluding carboxylic acids is 1. The Kier molecular flexibility index (Phi) is 3.69. The lowest BCUT2D eigenvalue weighted by molar-refractivity contribution is -0.147. The minimum absolute atomic E-state index is 0.108. The van der Waals surface area contributed by atoms with E-state index in [1.807, 2.05) is 0 Å². The molecular weight excluding hydrogens is 130 g/mol. The van der Waals surface area contributed by atoms with Gasteiger partial charge in [0.1, 0.15) is 0 Å². The molecule has 0 bridgehead atoms. The minimum Gasteiger partial charge on any atom is -0.318 e. The van der Waals surface area contributed by atoms with Crippen LogP contribution in [0.4, 0.5) is 0 Å². The first kappa shape index (κ1) is 9.14. The van der Waals surface area contributed by atoms with E-state index in [-0.39, 0.29) is 11.9 Å². The molecule has 0 aliphatic heterocycles. The summed E-state index contributed by atoms with van der Waals surface area (Å²) >= 11 is 0. The van der Waals surface area contributed by atoms with Crippen LogP contribution < -0.4 is 0 Å². The lowest BCUT2D eigenvalue weighted by atomic mass is 10.2. The van der Waals surface area contributed by atoms with Crippen molar-refractivity contribution in [1.29, 1.82) is 0 Å². The highest BCUT2D eigenvalue weighted by Gasteiger charge is 2.06. The Bertz CT molecular complexity index is 146. The molecule has 10 heavy (non-hydrogen) atoms. The molecule has 0 rings (SSSR count). The Morgan fingerprint density at radius 3 is 2.20 bits per heavy atom. The Morgan fingerprint density at radius 1 is 1.40 bits per heavy atom. The predicted octanol–water partition coefficient (Wildman–Crippen LogP) is 1.58. The van der Waals surface area contributed by atoms with Gasteiger partial charge in [-0.1, -0.05) is 19.0 Å². The SMILES string of the molecule is CC(C)=NOC(=O)C(C)C. The van der Waals surface area contributed by atoms with E-state index in [0.29, 0.717) is 0 Å². The summed E-state index contributed by atoms with van der Waals surface area (Å²) in [5.41, 5.74) is 0.744. The first-order valence-electron chi connectivity index (χ1n) is 3.26. The van der Waals surface area contributed by atoms with Crippen LogP contribution in [0.25, 0.3) is 0 Å². The van der Waals surface area contributed by atoms with Gasteiger partial charge in [0.25, 0.3) is 0 Å². The minimum atomic E-state index is -0.291. The summed E-state index contributed by atoms with van der Waals surface area (Å²) in [5, 5.41) is 3.51. The van der Waals surface area contributed by atoms with Crippen LogP contribution in [0.2, 0.25) is 0 Å². The Labute approximate surface area is 61.1 Å². The third-order valence-electron chi connectivity index (χ3n) is 0.790. The van der Waals surface area contributed by atoms with E-state index >= 15 is 0 Å². The van der Waals surface area contributed by atoms with Gasteiger partial charge < -0.3 is 4.84 Å². The Morgan fingerprint density at radius 2 is 1.90 bits per heavy atom. The van der Waals surface area contributed by atoms with Crippen LogP contribution in [0, 0.1) is 5.92 Å². The van der Waals surface area contributed by atoms with Crippen LogP contribution in [-0.4, -0.2) is 11.7 Å². The maximum Gasteiger partial charge on any atom is 0.337 e. The third-order valence-corrected chi connectivity index (χ3v) is 0.790. The van der Waals surface area contributed by atoms with Crippen LogP contribution in [0.3, 0.4) is 0 Å². The molecule has 0 aromatic rings. The highest BCUT2D eigenvalue weighted by atomic mass is 16.7. The number of rotatable bonds is 2. The quantitative estimate of drug-likeness (QED) is 0.334. The predicted molar refractivity (Wildman–Crippen MR) is 39.7 cm³/mol. The monoisotopic (exact) mass is 143 g/mol. The second kappa shape index (κ2) is 4.04. The van der Waals surface area contributed by atoms with E-state index in [9.17, 15) is 4.79 Å². The molecule has 0 fully saturated rings. The molecule has 0 aromatic heterocycles. The van der Waals surface area contributed by atoms with Crippen LogP contribution in [-0.2, 0) is 9.63 Å². The average Bonchev–Trinajstić information content (AvgIpc) is 1.82. The number of carbonyl (C=O) groups is 1. The van der Waals surface area contributed by atoms with Crippen LogP contribution in [0.15, 0.2) is 5.16 Å². The van der Waals surface area contributed by atoms with E-state index < -0.39 is 0 Å². The highest BCUT2D eigenvalue weighted by molar-refractivity contribution is 5.80. The summed E-state index contributed by atoms with van der Waals surface area (Å²) in [6, 6.07) is 0. The molecule has 3 heteroatoms. The number of hydrogen-bond donors (Lipinski definition) is 0. The van der Waals surface area contributed by atoms with Gasteiger partial charge in [-0.25, -0.2) is 4.79 Å². The van der Waals surface area contributed by atoms with E-state index in [0.717, 1.165) is 5.71 Å². The highest BCUT2D eigenvalue weighted by Crippen LogP contribution is 1.95. The molecule has 0 aromatic carbocycles. The molecule has 0 radical (unpaired) electrons. The zero-order chi connectivity index (χ0) is 8.15. The van der Waals surface area contributed by atoms with Gasteiger partial charge in [-0.2, -0.15) is 0 Å². The molecule has 0 amide bonds. The largest absolute Gasteiger partial charge is 0.337 e. The standard InChI is InChI=1S/C7H13NO2/c1-5(2)7(9)10-8-6(3)4/h5H,1-4H3. The second-order valence-electron chi connectivity index (χ2n) is 2.60. The lowest BCUT2D eigenvalue weighted by Gasteiger charge is -1.99. The fourth-order valence-electron chi connectivity index (χ4n) is 0.242. The van der Waals surface area contributed by atoms with Gasteiger partial charge in [-0.3, -0.25) is 0 Å². The van der Waals surface area contributed by atoms with E-state index in [1.54, 1.807) is 27.7 Å². The first-order chi connectivity index (χ1) is 4.54. The normalized spacial score (nSPS) is 9.30. The molecule has 0 saturated heterocycles. The summed E-state index contributed by atoms with van der Waals surface area (Å²) in [7, 11) is 0. The molecule has 0 saturated carbocycles. The van der Waals surface area contributed by atoms with Crippen molar-refractivity contribution in [1.82, 2.24) is 0 Å². The number of nitrogens with zero attached hydrogens (tertiary/aromatic N) is 1. The van der Waals surface area contributed by atoms with E-state index in [2.05, 4.69) is 9.99 Å². The van der Waals surface area contributed by atoms with Crippen molar-refractivity contribution in [3.8, 4) is 0 Å². The van der Waals surface area contributed by atoms with Crippen molar-refractivity contribution in [3.63, 3.8) is 0 Å². The van der Waals surface area contributed by atoms with Crippen LogP contribution in [0.5, 0.6) is 0 Å². The molecular formula is C7H13NO2. The van der Waals surface area contributed by atoms with Gasteiger partial charge in [-0.15, -0.1) is 0 Å². The van der Waals surface area contributed by atoms with Gasteiger partial charge in [0, 0.05) is 0 Å². The summed E-state index contributed by atoms with van der Waals surface area (Å²) in [4.78, 5) is 15.2. The van der Waals surface area contributed by atoms with Crippen molar-refractivity contribution in [2.24, 2.45) is 11.1 Å². The average molecular weight is 143 g/mol. The van der Waals surface area contributed by atoms with Gasteiger partial charge in [0.05, 0.1) is 11.6 Å². The van der Waals surface area contributed by atoms with Crippen molar-refractivity contribution in [3.05, 3.63) is 0 Å². The van der Waals surface area contributed by atoms with Gasteiger partial charge in [-0.05, 0) is 13.8 Å². The zero-order valence-electron chi connectivity index (χ0n) is 6.84. The Hall–Kier alpha value is -0.860. The van der Waals surface area contributed by atoms with E-state index in [1.165, 1.54) is 0 Å². The maximum atomic E-state index is 10.7. The molecule has 0 spiro atoms. The fourth-order valence-corrected chi connectivity index (χ4v) is 0.242. The van der Waals surface area contributed by atoms with Crippen molar-refractivity contribution in [2.75, 3.05) is 0 Å². The molecule has 0 atom stereocenters. The van der Waals surface area contributed by atoms with Crippen molar-refractivity contribution in [2.45, 2.75) is 27.7 Å². The molecule has 0 unspecified atom stereocenters. The zero-order valence-corrected chi connectivity index (χ0v) is 6.84. The topological polar surface area (TPSA) is 38.7 Å². The second-order valence-corrected chi connectivity index (χ2v) is 2.60. The number of hydrogen-bond acceptors (Lipinski definition) is 3. The number of oxime groups is 1. The summed E-state index contributed by atoms with van der Waals surface area (Å²) in [6.07, 6.45) is 0. The van der Waals surface area contributed by atoms with Gasteiger partial charge >= 0.3 is 5.97 Å². The van der Waals surface area contributed by atoms with Gasteiger partial charge in [0.15, 0.2) is 0 Å². The smallest absolute Gasteiger partial charge is 0.318 e. The summed E-state index contributed by atoms with van der Waals surface area (Å²) < 4.78 is 0. The Balaban J connectivity index is 3.71. The molecule has 58 valence electrons.